The molecule has 0 saturated heterocycles. The van der Waals surface area contributed by atoms with Gasteiger partial charge in [0.2, 0.25) is 9.84 Å². The Balaban J connectivity index is 2.15. The van der Waals surface area contributed by atoms with E-state index in [2.05, 4.69) is 0 Å². The fraction of sp³-hybridized carbons (Fsp3) is 0.200. The molecule has 2 aromatic carbocycles. The van der Waals surface area contributed by atoms with Gasteiger partial charge in [0.25, 0.3) is 0 Å². The number of aryl methyl sites for hydroxylation is 2. The summed E-state index contributed by atoms with van der Waals surface area (Å²) < 4.78 is 25.4. The maximum atomic E-state index is 12.7. The van der Waals surface area contributed by atoms with Gasteiger partial charge in [-0.15, -0.1) is 0 Å². The van der Waals surface area contributed by atoms with Crippen molar-refractivity contribution in [3.63, 3.8) is 0 Å². The van der Waals surface area contributed by atoms with Crippen LogP contribution >= 0.6 is 23.2 Å². The summed E-state index contributed by atoms with van der Waals surface area (Å²) in [5, 5.41) is 9.39. The van der Waals surface area contributed by atoms with Gasteiger partial charge >= 0.3 is 0 Å². The Morgan fingerprint density at radius 1 is 0.952 bits per heavy atom. The van der Waals surface area contributed by atoms with Crippen molar-refractivity contribution >= 4 is 33.0 Å². The van der Waals surface area contributed by atoms with Crippen molar-refractivity contribution < 1.29 is 13.5 Å². The molecule has 1 aliphatic carbocycles. The average molecular weight is 343 g/mol. The molecule has 0 bridgehead atoms. The van der Waals surface area contributed by atoms with Crippen LogP contribution in [-0.2, 0) is 22.7 Å². The number of halogens is 2. The number of hydrogen-bond acceptors (Lipinski definition) is 3. The van der Waals surface area contributed by atoms with Gasteiger partial charge in [-0.25, -0.2) is 8.42 Å². The number of aromatic hydroxyl groups is 1. The summed E-state index contributed by atoms with van der Waals surface area (Å²) in [6, 6.07) is 7.47. The van der Waals surface area contributed by atoms with E-state index in [1.807, 2.05) is 6.07 Å². The summed E-state index contributed by atoms with van der Waals surface area (Å²) in [7, 11) is -3.76. The quantitative estimate of drug-likeness (QED) is 0.896. The highest BCUT2D eigenvalue weighted by Gasteiger charge is 2.24. The highest BCUT2D eigenvalue weighted by molar-refractivity contribution is 7.91. The Morgan fingerprint density at radius 3 is 2.43 bits per heavy atom. The van der Waals surface area contributed by atoms with Crippen LogP contribution < -0.4 is 0 Å². The van der Waals surface area contributed by atoms with Gasteiger partial charge in [-0.3, -0.25) is 0 Å². The molecule has 0 aromatic heterocycles. The van der Waals surface area contributed by atoms with Crippen LogP contribution in [0.4, 0.5) is 0 Å². The SMILES string of the molecule is O=S(=O)(c1ccc2c(c1)CCC2)c1cc(Cl)c(O)cc1Cl. The molecule has 0 amide bonds. The van der Waals surface area contributed by atoms with Gasteiger partial charge in [0, 0.05) is 6.07 Å². The maximum absolute atomic E-state index is 12.7. The minimum atomic E-state index is -3.76. The van der Waals surface area contributed by atoms with Crippen LogP contribution in [0.25, 0.3) is 0 Å². The third-order valence-electron chi connectivity index (χ3n) is 3.67. The molecule has 0 fully saturated rings. The number of hydrogen-bond donors (Lipinski definition) is 1. The third-order valence-corrected chi connectivity index (χ3v) is 6.19. The summed E-state index contributed by atoms with van der Waals surface area (Å²) in [6.07, 6.45) is 2.93. The number of benzene rings is 2. The zero-order valence-corrected chi connectivity index (χ0v) is 13.3. The third kappa shape index (κ3) is 2.52. The van der Waals surface area contributed by atoms with E-state index in [0.717, 1.165) is 30.9 Å². The molecule has 3 rings (SSSR count). The van der Waals surface area contributed by atoms with Crippen molar-refractivity contribution in [1.82, 2.24) is 0 Å². The summed E-state index contributed by atoms with van der Waals surface area (Å²) in [5.41, 5.74) is 2.26. The van der Waals surface area contributed by atoms with Crippen LogP contribution in [0.5, 0.6) is 5.75 Å². The maximum Gasteiger partial charge on any atom is 0.208 e. The first-order valence-electron chi connectivity index (χ1n) is 6.44. The molecule has 0 saturated carbocycles. The molecule has 0 radical (unpaired) electrons. The lowest BCUT2D eigenvalue weighted by molar-refractivity contribution is 0.475. The average Bonchev–Trinajstić information content (AvgIpc) is 2.90. The second kappa shape index (κ2) is 5.20. The van der Waals surface area contributed by atoms with Gasteiger partial charge < -0.3 is 5.11 Å². The summed E-state index contributed by atoms with van der Waals surface area (Å²) in [4.78, 5) is 0.108. The molecule has 110 valence electrons. The Bertz CT molecular complexity index is 829. The first kappa shape index (κ1) is 14.7. The largest absolute Gasteiger partial charge is 0.506 e. The molecule has 3 nitrogen and oxygen atoms in total. The molecule has 1 N–H and O–H groups in total. The molecular weight excluding hydrogens is 331 g/mol. The fourth-order valence-corrected chi connectivity index (χ4v) is 4.64. The van der Waals surface area contributed by atoms with Crippen molar-refractivity contribution in [1.29, 1.82) is 0 Å². The van der Waals surface area contributed by atoms with E-state index in [1.165, 1.54) is 11.6 Å². The highest BCUT2D eigenvalue weighted by Crippen LogP contribution is 2.36. The second-order valence-electron chi connectivity index (χ2n) is 5.02. The predicted molar refractivity (Wildman–Crippen MR) is 82.0 cm³/mol. The van der Waals surface area contributed by atoms with Crippen molar-refractivity contribution in [3.05, 3.63) is 51.5 Å². The summed E-state index contributed by atoms with van der Waals surface area (Å²) in [6.45, 7) is 0. The van der Waals surface area contributed by atoms with E-state index in [4.69, 9.17) is 23.2 Å². The van der Waals surface area contributed by atoms with Crippen molar-refractivity contribution in [2.45, 2.75) is 29.1 Å². The van der Waals surface area contributed by atoms with Gasteiger partial charge in [-0.1, -0.05) is 29.3 Å². The summed E-state index contributed by atoms with van der Waals surface area (Å²) >= 11 is 11.8. The molecule has 1 aliphatic rings. The van der Waals surface area contributed by atoms with E-state index in [-0.39, 0.29) is 25.6 Å². The van der Waals surface area contributed by atoms with Gasteiger partial charge in [0.15, 0.2) is 0 Å². The lowest BCUT2D eigenvalue weighted by Gasteiger charge is -2.10. The Kier molecular flexibility index (Phi) is 3.64. The first-order valence-corrected chi connectivity index (χ1v) is 8.68. The van der Waals surface area contributed by atoms with Crippen LogP contribution in [0.3, 0.4) is 0 Å². The molecule has 6 heteroatoms. The van der Waals surface area contributed by atoms with Gasteiger partial charge in [-0.2, -0.15) is 0 Å². The molecule has 0 unspecified atom stereocenters. The minimum Gasteiger partial charge on any atom is -0.506 e. The van der Waals surface area contributed by atoms with Crippen LogP contribution in [0.1, 0.15) is 17.5 Å². The number of phenolic OH excluding ortho intramolecular Hbond substituents is 1. The van der Waals surface area contributed by atoms with Crippen molar-refractivity contribution in [2.24, 2.45) is 0 Å². The molecule has 2 aromatic rings. The smallest absolute Gasteiger partial charge is 0.208 e. The molecule has 21 heavy (non-hydrogen) atoms. The Morgan fingerprint density at radius 2 is 1.67 bits per heavy atom. The minimum absolute atomic E-state index is 0.0425. The predicted octanol–water partition coefficient (Wildman–Crippen LogP) is 4.02. The second-order valence-corrected chi connectivity index (χ2v) is 7.75. The van der Waals surface area contributed by atoms with Crippen molar-refractivity contribution in [3.8, 4) is 5.75 Å². The zero-order valence-electron chi connectivity index (χ0n) is 10.9. The first-order chi connectivity index (χ1) is 9.89. The van der Waals surface area contributed by atoms with Crippen LogP contribution in [0, 0.1) is 0 Å². The monoisotopic (exact) mass is 342 g/mol. The molecular formula is C15H12Cl2O3S. The molecule has 0 atom stereocenters. The number of sulfone groups is 1. The molecule has 0 heterocycles. The van der Waals surface area contributed by atoms with E-state index in [0.29, 0.717) is 0 Å². The van der Waals surface area contributed by atoms with E-state index < -0.39 is 9.84 Å². The van der Waals surface area contributed by atoms with E-state index in [1.54, 1.807) is 12.1 Å². The zero-order chi connectivity index (χ0) is 15.2. The van der Waals surface area contributed by atoms with Crippen molar-refractivity contribution in [2.75, 3.05) is 0 Å². The molecule has 0 aliphatic heterocycles. The van der Waals surface area contributed by atoms with E-state index in [9.17, 15) is 13.5 Å². The molecule has 0 spiro atoms. The summed E-state index contributed by atoms with van der Waals surface area (Å²) in [5.74, 6) is -0.241. The number of rotatable bonds is 2. The number of fused-ring (bicyclic) bond motifs is 1. The standard InChI is InChI=1S/C15H12Cl2O3S/c16-12-8-15(13(17)7-14(12)18)21(19,20)11-5-4-9-2-1-3-10(9)6-11/h4-8,18H,1-3H2. The van der Waals surface area contributed by atoms with Gasteiger partial charge in [0.1, 0.15) is 5.75 Å². The van der Waals surface area contributed by atoms with Crippen LogP contribution in [0.15, 0.2) is 40.1 Å². The van der Waals surface area contributed by atoms with Gasteiger partial charge in [0.05, 0.1) is 19.8 Å². The normalized spacial score (nSPS) is 14.2. The highest BCUT2D eigenvalue weighted by atomic mass is 35.5. The Labute approximate surface area is 133 Å². The topological polar surface area (TPSA) is 54.4 Å². The lowest BCUT2D eigenvalue weighted by atomic mass is 10.1. The number of phenols is 1. The lowest BCUT2D eigenvalue weighted by Crippen LogP contribution is -2.04. The van der Waals surface area contributed by atoms with Crippen LogP contribution in [-0.4, -0.2) is 13.5 Å². The van der Waals surface area contributed by atoms with Crippen LogP contribution in [0.2, 0.25) is 10.0 Å². The van der Waals surface area contributed by atoms with E-state index >= 15 is 0 Å². The fourth-order valence-electron chi connectivity index (χ4n) is 2.57. The Hall–Kier alpha value is -1.23. The van der Waals surface area contributed by atoms with Gasteiger partial charge in [-0.05, 0) is 48.6 Å².